The lowest BCUT2D eigenvalue weighted by atomic mass is 10.1. The molecular formula is C18H24N2O2. The van der Waals surface area contributed by atoms with Gasteiger partial charge in [-0.1, -0.05) is 44.0 Å². The van der Waals surface area contributed by atoms with Gasteiger partial charge in [-0.3, -0.25) is 4.79 Å². The predicted octanol–water partition coefficient (Wildman–Crippen LogP) is 4.53. The van der Waals surface area contributed by atoms with Gasteiger partial charge < -0.3 is 9.84 Å². The van der Waals surface area contributed by atoms with E-state index in [0.717, 1.165) is 12.1 Å². The molecule has 1 heterocycles. The van der Waals surface area contributed by atoms with Crippen molar-refractivity contribution < 1.29 is 9.32 Å². The Morgan fingerprint density at radius 1 is 1.18 bits per heavy atom. The third-order valence-electron chi connectivity index (χ3n) is 3.78. The Bertz CT molecular complexity index is 615. The second-order valence-corrected chi connectivity index (χ2v) is 5.52. The van der Waals surface area contributed by atoms with Crippen LogP contribution < -0.4 is 5.32 Å². The van der Waals surface area contributed by atoms with Crippen LogP contribution in [0.5, 0.6) is 0 Å². The average Bonchev–Trinajstić information content (AvgIpc) is 2.90. The van der Waals surface area contributed by atoms with Gasteiger partial charge in [-0.05, 0) is 43.9 Å². The molecule has 4 nitrogen and oxygen atoms in total. The third-order valence-corrected chi connectivity index (χ3v) is 3.78. The van der Waals surface area contributed by atoms with Gasteiger partial charge in [-0.15, -0.1) is 0 Å². The molecule has 0 unspecified atom stereocenters. The largest absolute Gasteiger partial charge is 0.361 e. The normalized spacial score (nSPS) is 10.7. The maximum atomic E-state index is 12.4. The SMILES string of the molecule is CCCCCc1ccc(NC(=O)c2c(CC)noc2C)cc1. The van der Waals surface area contributed by atoms with Gasteiger partial charge in [-0.2, -0.15) is 0 Å². The number of rotatable bonds is 7. The second kappa shape index (κ2) is 7.78. The summed E-state index contributed by atoms with van der Waals surface area (Å²) in [5, 5.41) is 6.83. The fourth-order valence-electron chi connectivity index (χ4n) is 2.48. The Labute approximate surface area is 131 Å². The maximum Gasteiger partial charge on any atom is 0.261 e. The predicted molar refractivity (Wildman–Crippen MR) is 88.2 cm³/mol. The van der Waals surface area contributed by atoms with Gasteiger partial charge in [0.25, 0.3) is 5.91 Å². The van der Waals surface area contributed by atoms with E-state index in [0.29, 0.717) is 23.4 Å². The molecule has 1 amide bonds. The smallest absolute Gasteiger partial charge is 0.261 e. The topological polar surface area (TPSA) is 55.1 Å². The number of carbonyl (C=O) groups is 1. The molecule has 1 N–H and O–H groups in total. The zero-order valence-electron chi connectivity index (χ0n) is 13.6. The number of benzene rings is 1. The molecule has 0 aliphatic rings. The molecule has 0 saturated carbocycles. The first kappa shape index (κ1) is 16.3. The molecule has 4 heteroatoms. The molecule has 0 aliphatic carbocycles. The van der Waals surface area contributed by atoms with Crippen molar-refractivity contribution in [2.45, 2.75) is 52.9 Å². The third kappa shape index (κ3) is 3.97. The van der Waals surface area contributed by atoms with Crippen LogP contribution in [0.2, 0.25) is 0 Å². The highest BCUT2D eigenvalue weighted by Gasteiger charge is 2.19. The monoisotopic (exact) mass is 300 g/mol. The fraction of sp³-hybridized carbons (Fsp3) is 0.444. The lowest BCUT2D eigenvalue weighted by Crippen LogP contribution is -2.14. The first-order valence-electron chi connectivity index (χ1n) is 8.01. The van der Waals surface area contributed by atoms with Crippen LogP contribution in [0.25, 0.3) is 0 Å². The van der Waals surface area contributed by atoms with E-state index in [1.807, 2.05) is 19.1 Å². The number of nitrogens with one attached hydrogen (secondary N) is 1. The van der Waals surface area contributed by atoms with Gasteiger partial charge in [0.05, 0.1) is 5.69 Å². The van der Waals surface area contributed by atoms with E-state index in [9.17, 15) is 4.79 Å². The molecule has 0 radical (unpaired) electrons. The molecule has 0 atom stereocenters. The van der Waals surface area contributed by atoms with Crippen LogP contribution in [-0.2, 0) is 12.8 Å². The summed E-state index contributed by atoms with van der Waals surface area (Å²) >= 11 is 0. The Hall–Kier alpha value is -2.10. The zero-order chi connectivity index (χ0) is 15.9. The summed E-state index contributed by atoms with van der Waals surface area (Å²) in [4.78, 5) is 12.4. The van der Waals surface area contributed by atoms with Crippen LogP contribution in [0.15, 0.2) is 28.8 Å². The highest BCUT2D eigenvalue weighted by atomic mass is 16.5. The van der Waals surface area contributed by atoms with E-state index in [4.69, 9.17) is 4.52 Å². The molecule has 0 saturated heterocycles. The van der Waals surface area contributed by atoms with Gasteiger partial charge in [0.2, 0.25) is 0 Å². The van der Waals surface area contributed by atoms with Crippen LogP contribution in [-0.4, -0.2) is 11.1 Å². The summed E-state index contributed by atoms with van der Waals surface area (Å²) in [6.45, 7) is 5.92. The lowest BCUT2D eigenvalue weighted by Gasteiger charge is -2.07. The van der Waals surface area contributed by atoms with Crippen molar-refractivity contribution >= 4 is 11.6 Å². The van der Waals surface area contributed by atoms with Gasteiger partial charge in [0.15, 0.2) is 0 Å². The van der Waals surface area contributed by atoms with Gasteiger partial charge in [0, 0.05) is 5.69 Å². The summed E-state index contributed by atoms with van der Waals surface area (Å²) in [5.74, 6) is 0.403. The number of anilines is 1. The second-order valence-electron chi connectivity index (χ2n) is 5.52. The van der Waals surface area contributed by atoms with Gasteiger partial charge >= 0.3 is 0 Å². The minimum Gasteiger partial charge on any atom is -0.361 e. The average molecular weight is 300 g/mol. The maximum absolute atomic E-state index is 12.4. The lowest BCUT2D eigenvalue weighted by molar-refractivity contribution is 0.102. The number of amides is 1. The van der Waals surface area contributed by atoms with E-state index in [1.54, 1.807) is 6.92 Å². The molecule has 1 aromatic carbocycles. The molecule has 22 heavy (non-hydrogen) atoms. The standard InChI is InChI=1S/C18H24N2O2/c1-4-6-7-8-14-9-11-15(12-10-14)19-18(21)17-13(3)22-20-16(17)5-2/h9-12H,4-8H2,1-3H3,(H,19,21). The summed E-state index contributed by atoms with van der Waals surface area (Å²) in [6.07, 6.45) is 5.46. The Kier molecular flexibility index (Phi) is 5.75. The van der Waals surface area contributed by atoms with E-state index in [2.05, 4.69) is 29.5 Å². The van der Waals surface area contributed by atoms with Crippen molar-refractivity contribution in [3.63, 3.8) is 0 Å². The molecule has 1 aromatic heterocycles. The van der Waals surface area contributed by atoms with Crippen molar-refractivity contribution in [3.8, 4) is 0 Å². The van der Waals surface area contributed by atoms with Crippen molar-refractivity contribution in [2.24, 2.45) is 0 Å². The van der Waals surface area contributed by atoms with E-state index < -0.39 is 0 Å². The van der Waals surface area contributed by atoms with E-state index in [1.165, 1.54) is 24.8 Å². The Balaban J connectivity index is 2.01. The number of aromatic nitrogens is 1. The zero-order valence-corrected chi connectivity index (χ0v) is 13.6. The minimum absolute atomic E-state index is 0.158. The number of hydrogen-bond donors (Lipinski definition) is 1. The molecule has 0 aliphatic heterocycles. The Morgan fingerprint density at radius 2 is 1.91 bits per heavy atom. The van der Waals surface area contributed by atoms with E-state index in [-0.39, 0.29) is 5.91 Å². The van der Waals surface area contributed by atoms with Crippen molar-refractivity contribution in [2.75, 3.05) is 5.32 Å². The molecular weight excluding hydrogens is 276 g/mol. The van der Waals surface area contributed by atoms with Crippen LogP contribution >= 0.6 is 0 Å². The van der Waals surface area contributed by atoms with Gasteiger partial charge in [0.1, 0.15) is 11.3 Å². The summed E-state index contributed by atoms with van der Waals surface area (Å²) < 4.78 is 5.11. The number of aryl methyl sites for hydroxylation is 3. The fourth-order valence-corrected chi connectivity index (χ4v) is 2.48. The first-order chi connectivity index (χ1) is 10.7. The van der Waals surface area contributed by atoms with E-state index >= 15 is 0 Å². The molecule has 0 bridgehead atoms. The number of nitrogens with zero attached hydrogens (tertiary/aromatic N) is 1. The molecule has 2 aromatic rings. The van der Waals surface area contributed by atoms with Crippen molar-refractivity contribution in [3.05, 3.63) is 46.8 Å². The quantitative estimate of drug-likeness (QED) is 0.764. The Morgan fingerprint density at radius 3 is 2.55 bits per heavy atom. The van der Waals surface area contributed by atoms with Crippen LogP contribution in [0.1, 0.15) is 60.5 Å². The molecule has 0 fully saturated rings. The number of unbranched alkanes of at least 4 members (excludes halogenated alkanes) is 2. The summed E-state index contributed by atoms with van der Waals surface area (Å²) in [7, 11) is 0. The highest BCUT2D eigenvalue weighted by Crippen LogP contribution is 2.18. The van der Waals surface area contributed by atoms with Crippen LogP contribution in [0.3, 0.4) is 0 Å². The number of hydrogen-bond acceptors (Lipinski definition) is 3. The molecule has 2 rings (SSSR count). The number of carbonyl (C=O) groups excluding carboxylic acids is 1. The minimum atomic E-state index is -0.158. The summed E-state index contributed by atoms with van der Waals surface area (Å²) in [6, 6.07) is 8.06. The van der Waals surface area contributed by atoms with Crippen LogP contribution in [0, 0.1) is 6.92 Å². The molecule has 118 valence electrons. The van der Waals surface area contributed by atoms with Crippen molar-refractivity contribution in [1.82, 2.24) is 5.16 Å². The van der Waals surface area contributed by atoms with Crippen molar-refractivity contribution in [1.29, 1.82) is 0 Å². The van der Waals surface area contributed by atoms with Crippen LogP contribution in [0.4, 0.5) is 5.69 Å². The summed E-state index contributed by atoms with van der Waals surface area (Å²) in [5.41, 5.74) is 3.36. The first-order valence-corrected chi connectivity index (χ1v) is 8.01. The van der Waals surface area contributed by atoms with Gasteiger partial charge in [-0.25, -0.2) is 0 Å². The molecule has 0 spiro atoms. The highest BCUT2D eigenvalue weighted by molar-refractivity contribution is 6.05.